The molecule has 0 saturated carbocycles. The van der Waals surface area contributed by atoms with E-state index < -0.39 is 34.0 Å². The van der Waals surface area contributed by atoms with Gasteiger partial charge in [0.25, 0.3) is 5.91 Å². The van der Waals surface area contributed by atoms with Crippen LogP contribution < -0.4 is 10.6 Å². The molecule has 160 valence electrons. The molecule has 9 nitrogen and oxygen atoms in total. The number of esters is 1. The molecule has 0 bridgehead atoms. The second kappa shape index (κ2) is 10.4. The van der Waals surface area contributed by atoms with Gasteiger partial charge in [-0.15, -0.1) is 0 Å². The zero-order chi connectivity index (χ0) is 21.4. The van der Waals surface area contributed by atoms with Gasteiger partial charge >= 0.3 is 12.0 Å². The van der Waals surface area contributed by atoms with Crippen molar-refractivity contribution in [3.63, 3.8) is 0 Å². The molecule has 1 aliphatic heterocycles. The average molecular weight is 426 g/mol. The summed E-state index contributed by atoms with van der Waals surface area (Å²) < 4.78 is 31.8. The van der Waals surface area contributed by atoms with Crippen LogP contribution in [0.15, 0.2) is 29.2 Å². The van der Waals surface area contributed by atoms with E-state index in [1.807, 2.05) is 5.32 Å². The molecular formula is C19H27N3O6S. The molecule has 10 heteroatoms. The summed E-state index contributed by atoms with van der Waals surface area (Å²) in [5.41, 5.74) is 0.780. The van der Waals surface area contributed by atoms with Crippen LogP contribution in [0.5, 0.6) is 0 Å². The van der Waals surface area contributed by atoms with E-state index in [1.165, 1.54) is 18.3 Å². The SMILES string of the molecule is CNC(=O)NC(=O)[C@H](C)OC(=O)CCc1ccc(S(=O)(=O)N2CCCCC2)cc1. The Morgan fingerprint density at radius 2 is 1.72 bits per heavy atom. The van der Waals surface area contributed by atoms with Crippen LogP contribution in [-0.4, -0.2) is 56.9 Å². The molecule has 1 heterocycles. The Labute approximate surface area is 170 Å². The van der Waals surface area contributed by atoms with Crippen molar-refractivity contribution >= 4 is 27.9 Å². The molecule has 0 aliphatic carbocycles. The molecule has 1 aliphatic rings. The molecule has 2 N–H and O–H groups in total. The topological polar surface area (TPSA) is 122 Å². The average Bonchev–Trinajstić information content (AvgIpc) is 2.73. The highest BCUT2D eigenvalue weighted by Gasteiger charge is 2.25. The number of carbonyl (C=O) groups is 3. The van der Waals surface area contributed by atoms with Gasteiger partial charge in [-0.25, -0.2) is 13.2 Å². The Morgan fingerprint density at radius 1 is 1.10 bits per heavy atom. The van der Waals surface area contributed by atoms with Crippen molar-refractivity contribution in [2.24, 2.45) is 0 Å². The number of hydrogen-bond donors (Lipinski definition) is 2. The summed E-state index contributed by atoms with van der Waals surface area (Å²) in [5, 5.41) is 4.26. The highest BCUT2D eigenvalue weighted by atomic mass is 32.2. The molecule has 0 aromatic heterocycles. The first-order chi connectivity index (χ1) is 13.7. The molecule has 1 aromatic carbocycles. The fourth-order valence-corrected chi connectivity index (χ4v) is 4.43. The third-order valence-electron chi connectivity index (χ3n) is 4.64. The number of carbonyl (C=O) groups excluding carboxylic acids is 3. The number of sulfonamides is 1. The molecule has 1 saturated heterocycles. The van der Waals surface area contributed by atoms with Crippen molar-refractivity contribution in [3.05, 3.63) is 29.8 Å². The summed E-state index contributed by atoms with van der Waals surface area (Å²) in [4.78, 5) is 34.9. The largest absolute Gasteiger partial charge is 0.453 e. The van der Waals surface area contributed by atoms with Crippen LogP contribution in [0.4, 0.5) is 4.79 Å². The van der Waals surface area contributed by atoms with Crippen molar-refractivity contribution in [3.8, 4) is 0 Å². The summed E-state index contributed by atoms with van der Waals surface area (Å²) in [5.74, 6) is -1.31. The number of aryl methyl sites for hydroxylation is 1. The van der Waals surface area contributed by atoms with Crippen LogP contribution in [-0.2, 0) is 30.8 Å². The van der Waals surface area contributed by atoms with Gasteiger partial charge in [0.1, 0.15) is 0 Å². The van der Waals surface area contributed by atoms with Crippen molar-refractivity contribution in [2.45, 2.75) is 50.0 Å². The Hall–Kier alpha value is -2.46. The number of ether oxygens (including phenoxy) is 1. The molecule has 1 fully saturated rings. The summed E-state index contributed by atoms with van der Waals surface area (Å²) in [6.45, 7) is 2.46. The zero-order valence-electron chi connectivity index (χ0n) is 16.6. The minimum absolute atomic E-state index is 0.0236. The second-order valence-corrected chi connectivity index (χ2v) is 8.75. The van der Waals surface area contributed by atoms with Crippen LogP contribution >= 0.6 is 0 Å². The smallest absolute Gasteiger partial charge is 0.321 e. The number of piperidine rings is 1. The first kappa shape index (κ1) is 22.8. The normalized spacial score (nSPS) is 15.9. The van der Waals surface area contributed by atoms with Gasteiger partial charge in [-0.05, 0) is 43.9 Å². The van der Waals surface area contributed by atoms with Crippen LogP contribution in [0.2, 0.25) is 0 Å². The maximum atomic E-state index is 12.6. The highest BCUT2D eigenvalue weighted by Crippen LogP contribution is 2.21. The van der Waals surface area contributed by atoms with Gasteiger partial charge in [-0.1, -0.05) is 18.6 Å². The number of amides is 3. The van der Waals surface area contributed by atoms with Crippen molar-refractivity contribution in [2.75, 3.05) is 20.1 Å². The maximum Gasteiger partial charge on any atom is 0.321 e. The summed E-state index contributed by atoms with van der Waals surface area (Å²) in [6.07, 6.45) is 2.06. The van der Waals surface area contributed by atoms with Crippen LogP contribution in [0, 0.1) is 0 Å². The lowest BCUT2D eigenvalue weighted by atomic mass is 10.1. The van der Waals surface area contributed by atoms with E-state index in [2.05, 4.69) is 5.32 Å². The Balaban J connectivity index is 1.86. The number of urea groups is 1. The summed E-state index contributed by atoms with van der Waals surface area (Å²) >= 11 is 0. The van der Waals surface area contributed by atoms with Crippen LogP contribution in [0.1, 0.15) is 38.2 Å². The maximum absolute atomic E-state index is 12.6. The quantitative estimate of drug-likeness (QED) is 0.633. The predicted octanol–water partition coefficient (Wildman–Crippen LogP) is 1.18. The third kappa shape index (κ3) is 6.53. The fraction of sp³-hybridized carbons (Fsp3) is 0.526. The molecule has 1 atom stereocenters. The number of nitrogens with one attached hydrogen (secondary N) is 2. The standard InChI is InChI=1S/C19H27N3O6S/c1-14(18(24)21-19(25)20-2)28-17(23)11-8-15-6-9-16(10-7-15)29(26,27)22-12-4-3-5-13-22/h6-7,9-10,14H,3-5,8,11-13H2,1-2H3,(H2,20,21,24,25)/t14-/m0/s1. The van der Waals surface area contributed by atoms with Gasteiger partial charge in [0.15, 0.2) is 6.10 Å². The molecular weight excluding hydrogens is 398 g/mol. The lowest BCUT2D eigenvalue weighted by molar-refractivity contribution is -0.154. The minimum Gasteiger partial charge on any atom is -0.453 e. The zero-order valence-corrected chi connectivity index (χ0v) is 17.5. The minimum atomic E-state index is -3.48. The van der Waals surface area contributed by atoms with Crippen molar-refractivity contribution in [1.82, 2.24) is 14.9 Å². The van der Waals surface area contributed by atoms with Gasteiger partial charge in [-0.3, -0.25) is 14.9 Å². The number of benzene rings is 1. The summed E-state index contributed by atoms with van der Waals surface area (Å²) in [6, 6.07) is 5.75. The highest BCUT2D eigenvalue weighted by molar-refractivity contribution is 7.89. The molecule has 1 aromatic rings. The molecule has 3 amide bonds. The number of imide groups is 1. The van der Waals surface area contributed by atoms with E-state index in [4.69, 9.17) is 4.74 Å². The van der Waals surface area contributed by atoms with E-state index in [-0.39, 0.29) is 11.3 Å². The molecule has 0 unspecified atom stereocenters. The van der Waals surface area contributed by atoms with E-state index >= 15 is 0 Å². The first-order valence-electron chi connectivity index (χ1n) is 9.55. The second-order valence-electron chi connectivity index (χ2n) is 6.81. The van der Waals surface area contributed by atoms with Gasteiger partial charge < -0.3 is 10.1 Å². The number of rotatable bonds is 7. The monoisotopic (exact) mass is 425 g/mol. The third-order valence-corrected chi connectivity index (χ3v) is 6.55. The van der Waals surface area contributed by atoms with Crippen LogP contribution in [0.25, 0.3) is 0 Å². The first-order valence-corrected chi connectivity index (χ1v) is 11.0. The van der Waals surface area contributed by atoms with Gasteiger partial charge in [0.2, 0.25) is 10.0 Å². The molecule has 2 rings (SSSR count). The van der Waals surface area contributed by atoms with Gasteiger partial charge in [-0.2, -0.15) is 4.31 Å². The lowest BCUT2D eigenvalue weighted by Gasteiger charge is -2.25. The van der Waals surface area contributed by atoms with E-state index in [0.717, 1.165) is 24.8 Å². The van der Waals surface area contributed by atoms with Gasteiger partial charge in [0, 0.05) is 26.6 Å². The summed E-state index contributed by atoms with van der Waals surface area (Å²) in [7, 11) is -2.12. The van der Waals surface area contributed by atoms with E-state index in [0.29, 0.717) is 19.5 Å². The van der Waals surface area contributed by atoms with Gasteiger partial charge in [0.05, 0.1) is 4.90 Å². The van der Waals surface area contributed by atoms with E-state index in [9.17, 15) is 22.8 Å². The van der Waals surface area contributed by atoms with Crippen LogP contribution in [0.3, 0.4) is 0 Å². The number of hydrogen-bond acceptors (Lipinski definition) is 6. The molecule has 29 heavy (non-hydrogen) atoms. The van der Waals surface area contributed by atoms with Crippen molar-refractivity contribution < 1.29 is 27.5 Å². The Morgan fingerprint density at radius 3 is 2.31 bits per heavy atom. The number of nitrogens with zero attached hydrogens (tertiary/aromatic N) is 1. The fourth-order valence-electron chi connectivity index (χ4n) is 2.91. The van der Waals surface area contributed by atoms with Crippen molar-refractivity contribution in [1.29, 1.82) is 0 Å². The molecule has 0 radical (unpaired) electrons. The molecule has 0 spiro atoms. The van der Waals surface area contributed by atoms with E-state index in [1.54, 1.807) is 24.3 Å². The Kier molecular flexibility index (Phi) is 8.15. The Bertz CT molecular complexity index is 832. The predicted molar refractivity (Wildman–Crippen MR) is 106 cm³/mol. The lowest BCUT2D eigenvalue weighted by Crippen LogP contribution is -2.43.